The van der Waals surface area contributed by atoms with E-state index in [1.807, 2.05) is 6.92 Å². The van der Waals surface area contributed by atoms with E-state index < -0.39 is 10.0 Å². The highest BCUT2D eigenvalue weighted by Gasteiger charge is 2.50. The van der Waals surface area contributed by atoms with Crippen molar-refractivity contribution in [2.75, 3.05) is 32.1 Å². The number of nitrogens with zero attached hydrogens (tertiary/aromatic N) is 3. The van der Waals surface area contributed by atoms with Crippen LogP contribution in [-0.2, 0) is 14.8 Å². The standard InChI is InChI=1S/C16H25N3O4S/c1-3-24(20,21)19-11-16(12-19)8-14(5-7-23-16)4-6-22-15-10-17-9-13(2)18-15/h9-10,14H,3-8,11-12H2,1-2H3/t14-/m0/s1. The minimum absolute atomic E-state index is 0.151. The first-order valence-electron chi connectivity index (χ1n) is 8.46. The van der Waals surface area contributed by atoms with Crippen LogP contribution in [0, 0.1) is 12.8 Å². The molecule has 7 nitrogen and oxygen atoms in total. The molecule has 1 aromatic heterocycles. The zero-order valence-electron chi connectivity index (χ0n) is 14.3. The van der Waals surface area contributed by atoms with Crippen LogP contribution in [0.25, 0.3) is 0 Å². The van der Waals surface area contributed by atoms with Crippen molar-refractivity contribution < 1.29 is 17.9 Å². The van der Waals surface area contributed by atoms with E-state index in [1.54, 1.807) is 19.3 Å². The second-order valence-electron chi connectivity index (χ2n) is 6.69. The largest absolute Gasteiger partial charge is 0.477 e. The van der Waals surface area contributed by atoms with Crippen LogP contribution in [-0.4, -0.2) is 60.3 Å². The zero-order valence-corrected chi connectivity index (χ0v) is 15.1. The van der Waals surface area contributed by atoms with Crippen molar-refractivity contribution in [3.05, 3.63) is 18.1 Å². The van der Waals surface area contributed by atoms with E-state index in [0.717, 1.165) is 25.0 Å². The van der Waals surface area contributed by atoms with Crippen LogP contribution in [0.1, 0.15) is 31.9 Å². The Labute approximate surface area is 143 Å². The summed E-state index contributed by atoms with van der Waals surface area (Å²) >= 11 is 0. The van der Waals surface area contributed by atoms with E-state index in [-0.39, 0.29) is 11.4 Å². The molecule has 0 saturated carbocycles. The van der Waals surface area contributed by atoms with Gasteiger partial charge in [0.2, 0.25) is 15.9 Å². The molecular weight excluding hydrogens is 330 g/mol. The normalized spacial score (nSPS) is 23.8. The third kappa shape index (κ3) is 3.87. The summed E-state index contributed by atoms with van der Waals surface area (Å²) in [7, 11) is -3.10. The molecule has 1 atom stereocenters. The Morgan fingerprint density at radius 2 is 2.21 bits per heavy atom. The van der Waals surface area contributed by atoms with Gasteiger partial charge in [0.15, 0.2) is 0 Å². The highest BCUT2D eigenvalue weighted by atomic mass is 32.2. The number of rotatable bonds is 6. The second kappa shape index (κ2) is 6.93. The molecule has 2 aliphatic rings. The number of sulfonamides is 1. The van der Waals surface area contributed by atoms with Crippen molar-refractivity contribution in [3.63, 3.8) is 0 Å². The summed E-state index contributed by atoms with van der Waals surface area (Å²) in [5.74, 6) is 1.20. The Balaban J connectivity index is 1.47. The van der Waals surface area contributed by atoms with Crippen molar-refractivity contribution in [1.82, 2.24) is 14.3 Å². The summed E-state index contributed by atoms with van der Waals surface area (Å²) in [6.07, 6.45) is 6.12. The maximum absolute atomic E-state index is 11.9. The maximum Gasteiger partial charge on any atom is 0.232 e. The molecule has 0 N–H and O–H groups in total. The molecule has 24 heavy (non-hydrogen) atoms. The van der Waals surface area contributed by atoms with E-state index in [0.29, 0.717) is 38.1 Å². The van der Waals surface area contributed by atoms with E-state index in [1.165, 1.54) is 4.31 Å². The lowest BCUT2D eigenvalue weighted by atomic mass is 9.80. The number of aromatic nitrogens is 2. The van der Waals surface area contributed by atoms with Crippen LogP contribution in [0.5, 0.6) is 5.88 Å². The van der Waals surface area contributed by atoms with Crippen LogP contribution in [0.3, 0.4) is 0 Å². The molecule has 3 heterocycles. The molecule has 2 fully saturated rings. The zero-order chi connectivity index (χ0) is 17.2. The fourth-order valence-electron chi connectivity index (χ4n) is 3.41. The molecular formula is C16H25N3O4S. The lowest BCUT2D eigenvalue weighted by Crippen LogP contribution is -2.66. The molecule has 0 bridgehead atoms. The average molecular weight is 355 g/mol. The van der Waals surface area contributed by atoms with E-state index in [2.05, 4.69) is 9.97 Å². The van der Waals surface area contributed by atoms with Gasteiger partial charge in [-0.15, -0.1) is 0 Å². The SMILES string of the molecule is CCS(=O)(=O)N1CC2(C[C@@H](CCOc3cncc(C)n3)CCO2)C1. The molecule has 8 heteroatoms. The Bertz CT molecular complexity index is 674. The van der Waals surface area contributed by atoms with Crippen molar-refractivity contribution in [2.24, 2.45) is 5.92 Å². The maximum atomic E-state index is 11.9. The van der Waals surface area contributed by atoms with Crippen LogP contribution in [0.4, 0.5) is 0 Å². The molecule has 1 spiro atoms. The van der Waals surface area contributed by atoms with Crippen LogP contribution in [0.2, 0.25) is 0 Å². The summed E-state index contributed by atoms with van der Waals surface area (Å²) in [5, 5.41) is 0. The highest BCUT2D eigenvalue weighted by Crippen LogP contribution is 2.39. The third-order valence-electron chi connectivity index (χ3n) is 4.79. The molecule has 0 aliphatic carbocycles. The van der Waals surface area contributed by atoms with Crippen LogP contribution >= 0.6 is 0 Å². The van der Waals surface area contributed by atoms with Crippen molar-refractivity contribution in [1.29, 1.82) is 0 Å². The number of aryl methyl sites for hydroxylation is 1. The second-order valence-corrected chi connectivity index (χ2v) is 8.95. The van der Waals surface area contributed by atoms with Gasteiger partial charge < -0.3 is 9.47 Å². The molecule has 1 aromatic rings. The summed E-state index contributed by atoms with van der Waals surface area (Å²) < 4.78 is 36.9. The number of ether oxygens (including phenoxy) is 2. The first kappa shape index (κ1) is 17.6. The number of hydrogen-bond acceptors (Lipinski definition) is 6. The van der Waals surface area contributed by atoms with Gasteiger partial charge in [-0.3, -0.25) is 4.98 Å². The van der Waals surface area contributed by atoms with Crippen molar-refractivity contribution in [3.8, 4) is 5.88 Å². The Morgan fingerprint density at radius 3 is 2.92 bits per heavy atom. The summed E-state index contributed by atoms with van der Waals surface area (Å²) in [6, 6.07) is 0. The highest BCUT2D eigenvalue weighted by molar-refractivity contribution is 7.89. The average Bonchev–Trinajstić information content (AvgIpc) is 2.53. The van der Waals surface area contributed by atoms with E-state index >= 15 is 0 Å². The topological polar surface area (TPSA) is 81.6 Å². The van der Waals surface area contributed by atoms with Crippen molar-refractivity contribution >= 4 is 10.0 Å². The van der Waals surface area contributed by atoms with Gasteiger partial charge in [0.05, 0.1) is 29.9 Å². The first-order chi connectivity index (χ1) is 11.4. The fraction of sp³-hybridized carbons (Fsp3) is 0.750. The Hall–Kier alpha value is -1.25. The van der Waals surface area contributed by atoms with E-state index in [4.69, 9.17) is 9.47 Å². The van der Waals surface area contributed by atoms with Gasteiger partial charge >= 0.3 is 0 Å². The third-order valence-corrected chi connectivity index (χ3v) is 6.57. The van der Waals surface area contributed by atoms with Gasteiger partial charge in [-0.1, -0.05) is 0 Å². The van der Waals surface area contributed by atoms with E-state index in [9.17, 15) is 8.42 Å². The molecule has 134 valence electrons. The lowest BCUT2D eigenvalue weighted by molar-refractivity contribution is -0.156. The summed E-state index contributed by atoms with van der Waals surface area (Å²) in [4.78, 5) is 8.34. The van der Waals surface area contributed by atoms with Crippen molar-refractivity contribution in [2.45, 2.75) is 38.7 Å². The molecule has 2 saturated heterocycles. The van der Waals surface area contributed by atoms with Gasteiger partial charge in [-0.2, -0.15) is 4.31 Å². The van der Waals surface area contributed by atoms with Gasteiger partial charge in [0.1, 0.15) is 0 Å². The molecule has 0 amide bonds. The molecule has 0 unspecified atom stereocenters. The minimum atomic E-state index is -3.10. The summed E-state index contributed by atoms with van der Waals surface area (Å²) in [5.41, 5.74) is 0.554. The predicted molar refractivity (Wildman–Crippen MR) is 89.3 cm³/mol. The molecule has 3 rings (SSSR count). The smallest absolute Gasteiger partial charge is 0.232 e. The van der Waals surface area contributed by atoms with Gasteiger partial charge in [-0.05, 0) is 39.0 Å². The first-order valence-corrected chi connectivity index (χ1v) is 10.1. The van der Waals surface area contributed by atoms with Gasteiger partial charge in [0.25, 0.3) is 0 Å². The fourth-order valence-corrected chi connectivity index (χ4v) is 4.64. The Morgan fingerprint density at radius 1 is 1.42 bits per heavy atom. The molecule has 0 radical (unpaired) electrons. The van der Waals surface area contributed by atoms with Gasteiger partial charge in [-0.25, -0.2) is 13.4 Å². The quantitative estimate of drug-likeness (QED) is 0.767. The molecule has 2 aliphatic heterocycles. The van der Waals surface area contributed by atoms with Gasteiger partial charge in [0, 0.05) is 25.9 Å². The van der Waals surface area contributed by atoms with Crippen LogP contribution in [0.15, 0.2) is 12.4 Å². The summed E-state index contributed by atoms with van der Waals surface area (Å²) in [6.45, 7) is 5.82. The molecule has 0 aromatic carbocycles. The lowest BCUT2D eigenvalue weighted by Gasteiger charge is -2.52. The monoisotopic (exact) mass is 355 g/mol. The Kier molecular flexibility index (Phi) is 5.08. The van der Waals surface area contributed by atoms with Crippen LogP contribution < -0.4 is 4.74 Å². The predicted octanol–water partition coefficient (Wildman–Crippen LogP) is 1.38. The minimum Gasteiger partial charge on any atom is -0.477 e. The number of hydrogen-bond donors (Lipinski definition) is 0.